The molecule has 0 aromatic heterocycles. The lowest BCUT2D eigenvalue weighted by Crippen LogP contribution is -2.22. The molecule has 0 bridgehead atoms. The van der Waals surface area contributed by atoms with Gasteiger partial charge in [-0.2, -0.15) is 0 Å². The van der Waals surface area contributed by atoms with Crippen molar-refractivity contribution in [2.24, 2.45) is 0 Å². The molecule has 0 amide bonds. The fourth-order valence-electron chi connectivity index (χ4n) is 2.95. The van der Waals surface area contributed by atoms with Gasteiger partial charge in [-0.15, -0.1) is 0 Å². The summed E-state index contributed by atoms with van der Waals surface area (Å²) < 4.78 is 6.06. The maximum atomic E-state index is 13.3. The number of benzene rings is 3. The molecular weight excluding hydrogens is 399 g/mol. The maximum absolute atomic E-state index is 13.3. The van der Waals surface area contributed by atoms with Gasteiger partial charge in [0.25, 0.3) is 0 Å². The third-order valence-electron chi connectivity index (χ3n) is 4.47. The molecule has 1 aliphatic rings. The van der Waals surface area contributed by atoms with E-state index in [0.29, 0.717) is 15.6 Å². The summed E-state index contributed by atoms with van der Waals surface area (Å²) in [5.41, 5.74) is 2.74. The smallest absolute Gasteiger partial charge is 0.212 e. The standard InChI is InChI=1S/C22H16Cl2O2S/c1-14-2-4-16(5-3-14)21-22(26-21,27-19-12-10-18(24)11-13-19)20(25)15-6-8-17(23)9-7-15/h2-13,21H,1H3. The number of epoxide rings is 1. The molecule has 1 aliphatic heterocycles. The van der Waals surface area contributed by atoms with Crippen molar-refractivity contribution in [3.8, 4) is 0 Å². The van der Waals surface area contributed by atoms with E-state index in [0.717, 1.165) is 10.5 Å². The molecule has 0 N–H and O–H groups in total. The highest BCUT2D eigenvalue weighted by Crippen LogP contribution is 2.60. The average molecular weight is 415 g/mol. The lowest BCUT2D eigenvalue weighted by Gasteiger charge is -2.13. The van der Waals surface area contributed by atoms with E-state index in [1.165, 1.54) is 17.3 Å². The lowest BCUT2D eigenvalue weighted by atomic mass is 10.0. The first kappa shape index (κ1) is 18.6. The van der Waals surface area contributed by atoms with Crippen LogP contribution in [0.25, 0.3) is 0 Å². The summed E-state index contributed by atoms with van der Waals surface area (Å²) in [7, 11) is 0. The second-order valence-corrected chi connectivity index (χ2v) is 8.62. The minimum absolute atomic E-state index is 0.0651. The van der Waals surface area contributed by atoms with E-state index in [4.69, 9.17) is 27.9 Å². The molecule has 2 nitrogen and oxygen atoms in total. The SMILES string of the molecule is Cc1ccc(C2OC2(Sc2ccc(Cl)cc2)C(=O)c2ccc(Cl)cc2)cc1. The van der Waals surface area contributed by atoms with E-state index in [9.17, 15) is 4.79 Å². The Labute approximate surface area is 172 Å². The minimum atomic E-state index is -0.989. The fourth-order valence-corrected chi connectivity index (χ4v) is 4.42. The van der Waals surface area contributed by atoms with E-state index in [1.54, 1.807) is 24.3 Å². The monoisotopic (exact) mass is 414 g/mol. The van der Waals surface area contributed by atoms with Gasteiger partial charge in [-0.1, -0.05) is 64.8 Å². The second kappa shape index (κ2) is 7.33. The Morgan fingerprint density at radius 1 is 0.889 bits per heavy atom. The quantitative estimate of drug-likeness (QED) is 0.341. The average Bonchev–Trinajstić information content (AvgIpc) is 3.39. The zero-order chi connectivity index (χ0) is 19.0. The van der Waals surface area contributed by atoms with Crippen LogP contribution in [0.3, 0.4) is 0 Å². The Kier molecular flexibility index (Phi) is 5.04. The number of carbonyl (C=O) groups is 1. The van der Waals surface area contributed by atoms with Gasteiger partial charge in [0.2, 0.25) is 10.7 Å². The van der Waals surface area contributed by atoms with Crippen molar-refractivity contribution >= 4 is 40.7 Å². The zero-order valence-corrected chi connectivity index (χ0v) is 16.8. The number of hydrogen-bond acceptors (Lipinski definition) is 3. The van der Waals surface area contributed by atoms with E-state index >= 15 is 0 Å². The molecule has 3 aromatic rings. The predicted octanol–water partition coefficient (Wildman–Crippen LogP) is 6.74. The summed E-state index contributed by atoms with van der Waals surface area (Å²) in [6, 6.07) is 22.4. The number of ketones is 1. The predicted molar refractivity (Wildman–Crippen MR) is 111 cm³/mol. The Hall–Kier alpha value is -1.78. The highest BCUT2D eigenvalue weighted by molar-refractivity contribution is 8.01. The van der Waals surface area contributed by atoms with Crippen molar-refractivity contribution in [1.29, 1.82) is 0 Å². The van der Waals surface area contributed by atoms with Crippen molar-refractivity contribution in [2.45, 2.75) is 22.9 Å². The van der Waals surface area contributed by atoms with Crippen LogP contribution in [-0.2, 0) is 4.74 Å². The molecule has 0 spiro atoms. The van der Waals surface area contributed by atoms with Gasteiger partial charge >= 0.3 is 0 Å². The second-order valence-electron chi connectivity index (χ2n) is 6.47. The van der Waals surface area contributed by atoms with Crippen LogP contribution in [0, 0.1) is 6.92 Å². The molecule has 0 radical (unpaired) electrons. The molecule has 2 unspecified atom stereocenters. The molecule has 27 heavy (non-hydrogen) atoms. The summed E-state index contributed by atoms with van der Waals surface area (Å²) >= 11 is 13.4. The van der Waals surface area contributed by atoms with Crippen LogP contribution in [0.5, 0.6) is 0 Å². The molecule has 136 valence electrons. The fraction of sp³-hybridized carbons (Fsp3) is 0.136. The van der Waals surface area contributed by atoms with Crippen LogP contribution in [-0.4, -0.2) is 10.7 Å². The minimum Gasteiger partial charge on any atom is -0.341 e. The molecule has 4 rings (SSSR count). The van der Waals surface area contributed by atoms with Crippen LogP contribution in [0.1, 0.15) is 27.6 Å². The van der Waals surface area contributed by atoms with Gasteiger partial charge < -0.3 is 4.74 Å². The van der Waals surface area contributed by atoms with Crippen molar-refractivity contribution in [3.05, 3.63) is 99.5 Å². The first-order valence-corrected chi connectivity index (χ1v) is 10.0. The summed E-state index contributed by atoms with van der Waals surface area (Å²) in [5.74, 6) is -0.0651. The van der Waals surface area contributed by atoms with Crippen molar-refractivity contribution < 1.29 is 9.53 Å². The normalized spacial score (nSPS) is 21.1. The summed E-state index contributed by atoms with van der Waals surface area (Å²) in [6.45, 7) is 2.03. The Balaban J connectivity index is 1.69. The highest BCUT2D eigenvalue weighted by Gasteiger charge is 2.64. The van der Waals surface area contributed by atoms with Gasteiger partial charge in [0.1, 0.15) is 6.10 Å². The van der Waals surface area contributed by atoms with E-state index < -0.39 is 4.93 Å². The molecule has 1 saturated heterocycles. The van der Waals surface area contributed by atoms with E-state index in [-0.39, 0.29) is 11.9 Å². The molecule has 3 aromatic carbocycles. The number of rotatable bonds is 5. The number of ether oxygens (including phenoxy) is 1. The van der Waals surface area contributed by atoms with Gasteiger partial charge in [0.05, 0.1) is 0 Å². The number of thioether (sulfide) groups is 1. The number of halogens is 2. The number of aryl methyl sites for hydroxylation is 1. The van der Waals surface area contributed by atoms with Crippen LogP contribution >= 0.6 is 35.0 Å². The van der Waals surface area contributed by atoms with Gasteiger partial charge in [-0.3, -0.25) is 4.79 Å². The first-order valence-electron chi connectivity index (χ1n) is 8.47. The van der Waals surface area contributed by atoms with Gasteiger partial charge in [-0.25, -0.2) is 0 Å². The number of carbonyl (C=O) groups excluding carboxylic acids is 1. The summed E-state index contributed by atoms with van der Waals surface area (Å²) in [6.07, 6.45) is -0.304. The Bertz CT molecular complexity index is 969. The molecule has 0 saturated carbocycles. The third kappa shape index (κ3) is 3.78. The van der Waals surface area contributed by atoms with E-state index in [2.05, 4.69) is 0 Å². The molecule has 1 fully saturated rings. The molecule has 1 heterocycles. The Morgan fingerprint density at radius 3 is 2.04 bits per heavy atom. The molecular formula is C22H16Cl2O2S. The largest absolute Gasteiger partial charge is 0.341 e. The van der Waals surface area contributed by atoms with Crippen LogP contribution in [0.4, 0.5) is 0 Å². The van der Waals surface area contributed by atoms with Crippen molar-refractivity contribution in [3.63, 3.8) is 0 Å². The van der Waals surface area contributed by atoms with Crippen molar-refractivity contribution in [1.82, 2.24) is 0 Å². The maximum Gasteiger partial charge on any atom is 0.212 e. The Morgan fingerprint density at radius 2 is 1.44 bits per heavy atom. The molecule has 5 heteroatoms. The van der Waals surface area contributed by atoms with Crippen molar-refractivity contribution in [2.75, 3.05) is 0 Å². The summed E-state index contributed by atoms with van der Waals surface area (Å²) in [5, 5.41) is 1.25. The van der Waals surface area contributed by atoms with Gasteiger partial charge in [-0.05, 0) is 61.0 Å². The molecule has 2 atom stereocenters. The third-order valence-corrected chi connectivity index (χ3v) is 6.28. The lowest BCUT2D eigenvalue weighted by molar-refractivity contribution is 0.0935. The van der Waals surface area contributed by atoms with Gasteiger partial charge in [0, 0.05) is 20.5 Å². The van der Waals surface area contributed by atoms with Crippen LogP contribution in [0.2, 0.25) is 10.0 Å². The van der Waals surface area contributed by atoms with Crippen LogP contribution < -0.4 is 0 Å². The molecule has 0 aliphatic carbocycles. The van der Waals surface area contributed by atoms with Gasteiger partial charge in [0.15, 0.2) is 0 Å². The zero-order valence-electron chi connectivity index (χ0n) is 14.5. The van der Waals surface area contributed by atoms with Crippen LogP contribution in [0.15, 0.2) is 77.7 Å². The highest BCUT2D eigenvalue weighted by atomic mass is 35.5. The summed E-state index contributed by atoms with van der Waals surface area (Å²) in [4.78, 5) is 13.3. The topological polar surface area (TPSA) is 29.6 Å². The number of Topliss-reactive ketones (excluding diaryl/α,β-unsaturated/α-hetero) is 1. The first-order chi connectivity index (χ1) is 13.0. The number of hydrogen-bond donors (Lipinski definition) is 0. The van der Waals surface area contributed by atoms with E-state index in [1.807, 2.05) is 55.5 Å².